The van der Waals surface area contributed by atoms with Crippen LogP contribution in [0.15, 0.2) is 90.0 Å². The summed E-state index contributed by atoms with van der Waals surface area (Å²) < 4.78 is 32.8. The van der Waals surface area contributed by atoms with Crippen LogP contribution in [0.1, 0.15) is 18.1 Å². The van der Waals surface area contributed by atoms with E-state index in [2.05, 4.69) is 58.9 Å². The van der Waals surface area contributed by atoms with E-state index >= 15 is 0 Å². The van der Waals surface area contributed by atoms with Gasteiger partial charge in [0.2, 0.25) is 0 Å². The normalized spacial score (nSPS) is 18.6. The van der Waals surface area contributed by atoms with Crippen LogP contribution in [0.3, 0.4) is 0 Å². The van der Waals surface area contributed by atoms with Crippen LogP contribution in [-0.2, 0) is 10.0 Å². The summed E-state index contributed by atoms with van der Waals surface area (Å²) in [5.74, 6) is 0.202. The van der Waals surface area contributed by atoms with Crippen LogP contribution in [0.4, 0.5) is 0 Å². The second-order valence-corrected chi connectivity index (χ2v) is 15.1. The summed E-state index contributed by atoms with van der Waals surface area (Å²) >= 11 is -2.55. The molecule has 3 rings (SSSR count). The third-order valence-electron chi connectivity index (χ3n) is 5.38. The van der Waals surface area contributed by atoms with Crippen LogP contribution in [0.25, 0.3) is 6.08 Å². The molecule has 0 amide bonds. The Morgan fingerprint density at radius 2 is 1.77 bits per heavy atom. The van der Waals surface area contributed by atoms with Gasteiger partial charge in [0, 0.05) is 0 Å². The van der Waals surface area contributed by atoms with Crippen molar-refractivity contribution in [2.24, 2.45) is 8.51 Å². The minimum absolute atomic E-state index is 0.202. The van der Waals surface area contributed by atoms with Crippen molar-refractivity contribution >= 4 is 35.5 Å². The van der Waals surface area contributed by atoms with Gasteiger partial charge in [-0.2, -0.15) is 0 Å². The minimum atomic E-state index is -3.69. The van der Waals surface area contributed by atoms with Crippen molar-refractivity contribution in [1.29, 1.82) is 0 Å². The van der Waals surface area contributed by atoms with Crippen molar-refractivity contribution in [2.45, 2.75) is 29.3 Å². The predicted molar refractivity (Wildman–Crippen MR) is 131 cm³/mol. The van der Waals surface area contributed by atoms with Crippen molar-refractivity contribution in [3.05, 3.63) is 93.6 Å². The SMILES string of the molecule is Cc1ccc(S(=O)(=O)/N=[Te](\C/C=C/c2ccccc2)C2=CC=CC2C(C)N(C)C)cc1. The fourth-order valence-electron chi connectivity index (χ4n) is 3.31. The zero-order chi connectivity index (χ0) is 22.4. The van der Waals surface area contributed by atoms with E-state index in [-0.39, 0.29) is 16.9 Å². The van der Waals surface area contributed by atoms with E-state index in [1.807, 2.05) is 49.4 Å². The average molecular weight is 550 g/mol. The standard InChI is InChI=1S/C25H30N2O2STe/c1-20-15-17-23(18-16-20)30(28,29)26-31(19-9-12-22-10-6-5-7-11-22)25-14-8-13-24(25)21(2)27(3)4/h5-18,21,24H,19H2,1-4H3/b12-9+. The maximum absolute atomic E-state index is 13.1. The second-order valence-electron chi connectivity index (χ2n) is 7.89. The van der Waals surface area contributed by atoms with Crippen LogP contribution in [-0.4, -0.2) is 52.8 Å². The number of allylic oxidation sites excluding steroid dienone is 3. The number of aryl methyl sites for hydroxylation is 1. The van der Waals surface area contributed by atoms with E-state index in [0.29, 0.717) is 4.47 Å². The van der Waals surface area contributed by atoms with Crippen molar-refractivity contribution in [2.75, 3.05) is 14.1 Å². The fourth-order valence-corrected chi connectivity index (χ4v) is 12.0. The number of nitrogens with zero attached hydrogens (tertiary/aromatic N) is 2. The third kappa shape index (κ3) is 6.33. The van der Waals surface area contributed by atoms with E-state index < -0.39 is 29.4 Å². The van der Waals surface area contributed by atoms with E-state index in [4.69, 9.17) is 0 Å². The molecule has 31 heavy (non-hydrogen) atoms. The van der Waals surface area contributed by atoms with E-state index in [1.165, 1.54) is 3.62 Å². The zero-order valence-electron chi connectivity index (χ0n) is 18.5. The molecule has 2 aromatic carbocycles. The number of hydrogen-bond acceptors (Lipinski definition) is 3. The van der Waals surface area contributed by atoms with Gasteiger partial charge in [-0.05, 0) is 0 Å². The first-order valence-corrected chi connectivity index (χ1v) is 15.6. The van der Waals surface area contributed by atoms with Gasteiger partial charge in [0.05, 0.1) is 0 Å². The summed E-state index contributed by atoms with van der Waals surface area (Å²) in [6.45, 7) is 4.13. The van der Waals surface area contributed by atoms with E-state index in [9.17, 15) is 8.42 Å². The van der Waals surface area contributed by atoms with E-state index in [0.717, 1.165) is 11.1 Å². The summed E-state index contributed by atoms with van der Waals surface area (Å²) in [4.78, 5) is 2.46. The molecule has 1 aliphatic carbocycles. The van der Waals surface area contributed by atoms with Crippen molar-refractivity contribution in [3.63, 3.8) is 0 Å². The van der Waals surface area contributed by atoms with Crippen LogP contribution >= 0.6 is 0 Å². The monoisotopic (exact) mass is 552 g/mol. The van der Waals surface area contributed by atoms with Crippen molar-refractivity contribution in [3.8, 4) is 0 Å². The van der Waals surface area contributed by atoms with Crippen molar-refractivity contribution in [1.82, 2.24) is 4.90 Å². The first kappa shape index (κ1) is 23.8. The van der Waals surface area contributed by atoms with Crippen molar-refractivity contribution < 1.29 is 8.42 Å². The summed E-state index contributed by atoms with van der Waals surface area (Å²) in [6, 6.07) is 17.3. The number of benzene rings is 2. The molecule has 0 N–H and O–H groups in total. The average Bonchev–Trinajstić information content (AvgIpc) is 3.23. The molecule has 0 heterocycles. The molecule has 0 aromatic heterocycles. The molecule has 0 radical (unpaired) electrons. The molecule has 164 valence electrons. The molecular weight excluding hydrogens is 520 g/mol. The fraction of sp³-hybridized carbons (Fsp3) is 0.280. The van der Waals surface area contributed by atoms with Gasteiger partial charge in [-0.15, -0.1) is 0 Å². The Morgan fingerprint density at radius 1 is 1.10 bits per heavy atom. The van der Waals surface area contributed by atoms with Gasteiger partial charge in [-0.1, -0.05) is 0 Å². The number of sulfonamides is 1. The molecule has 0 saturated carbocycles. The Kier molecular flexibility index (Phi) is 8.18. The molecule has 2 unspecified atom stereocenters. The van der Waals surface area contributed by atoms with Gasteiger partial charge in [0.1, 0.15) is 0 Å². The maximum atomic E-state index is 13.1. The summed E-state index contributed by atoms with van der Waals surface area (Å²) in [6.07, 6.45) is 10.5. The molecular formula is C25H30N2O2STe. The van der Waals surface area contributed by atoms with Crippen LogP contribution in [0, 0.1) is 12.8 Å². The Labute approximate surface area is 193 Å². The number of rotatable bonds is 8. The summed E-state index contributed by atoms with van der Waals surface area (Å²) in [5.41, 5.74) is 2.14. The van der Waals surface area contributed by atoms with Gasteiger partial charge >= 0.3 is 194 Å². The summed E-state index contributed by atoms with van der Waals surface area (Å²) in [5, 5.41) is 0. The molecule has 1 aliphatic rings. The Balaban J connectivity index is 1.97. The Morgan fingerprint density at radius 3 is 2.42 bits per heavy atom. The van der Waals surface area contributed by atoms with Gasteiger partial charge in [0.15, 0.2) is 0 Å². The Hall–Kier alpha value is -1.84. The van der Waals surface area contributed by atoms with Gasteiger partial charge < -0.3 is 0 Å². The molecule has 2 atom stereocenters. The Bertz CT molecular complexity index is 1120. The predicted octanol–water partition coefficient (Wildman–Crippen LogP) is 5.26. The van der Waals surface area contributed by atoms with E-state index in [1.54, 1.807) is 12.1 Å². The van der Waals surface area contributed by atoms with Gasteiger partial charge in [-0.25, -0.2) is 0 Å². The second kappa shape index (κ2) is 10.7. The van der Waals surface area contributed by atoms with Gasteiger partial charge in [-0.3, -0.25) is 0 Å². The summed E-state index contributed by atoms with van der Waals surface area (Å²) in [7, 11) is 0.425. The third-order valence-corrected chi connectivity index (χ3v) is 14.0. The molecule has 0 fully saturated rings. The molecule has 4 nitrogen and oxygen atoms in total. The topological polar surface area (TPSA) is 49.7 Å². The zero-order valence-corrected chi connectivity index (χ0v) is 21.6. The van der Waals surface area contributed by atoms with Crippen LogP contribution in [0.2, 0.25) is 4.47 Å². The van der Waals surface area contributed by atoms with Gasteiger partial charge in [0.25, 0.3) is 0 Å². The molecule has 0 bridgehead atoms. The first-order valence-electron chi connectivity index (χ1n) is 10.3. The molecule has 0 spiro atoms. The first-order chi connectivity index (χ1) is 14.8. The quantitative estimate of drug-likeness (QED) is 0.422. The molecule has 2 aromatic rings. The van der Waals surface area contributed by atoms with Crippen LogP contribution < -0.4 is 0 Å². The molecule has 6 heteroatoms. The number of hydrogen-bond donors (Lipinski definition) is 0. The molecule has 0 aliphatic heterocycles. The van der Waals surface area contributed by atoms with Crippen LogP contribution in [0.5, 0.6) is 0 Å². The molecule has 0 saturated heterocycles.